The maximum Gasteiger partial charge on any atom is 0.0558 e. The molecule has 0 radical (unpaired) electrons. The van der Waals surface area contributed by atoms with Crippen molar-refractivity contribution >= 4 is 15.9 Å². The van der Waals surface area contributed by atoms with E-state index in [-0.39, 0.29) is 6.61 Å². The van der Waals surface area contributed by atoms with E-state index in [1.54, 1.807) is 0 Å². The van der Waals surface area contributed by atoms with Gasteiger partial charge in [-0.15, -0.1) is 0 Å². The maximum atomic E-state index is 9.21. The zero-order chi connectivity index (χ0) is 14.2. The van der Waals surface area contributed by atoms with E-state index in [4.69, 9.17) is 0 Å². The number of aliphatic hydroxyl groups is 1. The van der Waals surface area contributed by atoms with Crippen LogP contribution in [0.5, 0.6) is 0 Å². The molecule has 0 saturated carbocycles. The van der Waals surface area contributed by atoms with Gasteiger partial charge in [0.25, 0.3) is 0 Å². The molecule has 0 saturated heterocycles. The summed E-state index contributed by atoms with van der Waals surface area (Å²) in [5.41, 5.74) is 2.61. The predicted molar refractivity (Wildman–Crippen MR) is 86.7 cm³/mol. The van der Waals surface area contributed by atoms with Crippen LogP contribution in [0.1, 0.15) is 11.1 Å². The summed E-state index contributed by atoms with van der Waals surface area (Å²) >= 11 is 3.45. The third-order valence-electron chi connectivity index (χ3n) is 3.30. The van der Waals surface area contributed by atoms with Crippen LogP contribution >= 0.6 is 15.9 Å². The topological polar surface area (TPSA) is 23.5 Å². The number of benzene rings is 2. The quantitative estimate of drug-likeness (QED) is 0.838. The molecule has 0 spiro atoms. The van der Waals surface area contributed by atoms with Crippen LogP contribution in [0, 0.1) is 0 Å². The number of nitrogens with zero attached hydrogens (tertiary/aromatic N) is 1. The number of hydrogen-bond acceptors (Lipinski definition) is 2. The lowest BCUT2D eigenvalue weighted by Crippen LogP contribution is -2.28. The normalized spacial score (nSPS) is 10.9. The fourth-order valence-electron chi connectivity index (χ4n) is 2.19. The van der Waals surface area contributed by atoms with Gasteiger partial charge in [-0.1, -0.05) is 58.4 Å². The molecular weight excluding hydrogens is 314 g/mol. The van der Waals surface area contributed by atoms with Crippen LogP contribution in [0.15, 0.2) is 59.1 Å². The van der Waals surface area contributed by atoms with Crippen molar-refractivity contribution in [1.82, 2.24) is 4.90 Å². The second-order valence-corrected chi connectivity index (χ2v) is 5.78. The van der Waals surface area contributed by atoms with E-state index in [2.05, 4.69) is 69.4 Å². The first kappa shape index (κ1) is 15.2. The maximum absolute atomic E-state index is 9.21. The summed E-state index contributed by atoms with van der Waals surface area (Å²) in [6.45, 7) is 2.75. The summed E-state index contributed by atoms with van der Waals surface area (Å²) in [5.74, 6) is 0. The van der Waals surface area contributed by atoms with Crippen molar-refractivity contribution in [2.24, 2.45) is 0 Å². The summed E-state index contributed by atoms with van der Waals surface area (Å²) in [6.07, 6.45) is 1.01. The molecule has 0 aliphatic heterocycles. The van der Waals surface area contributed by atoms with E-state index in [0.717, 1.165) is 24.0 Å². The Morgan fingerprint density at radius 1 is 0.850 bits per heavy atom. The molecular formula is C17H20BrNO. The van der Waals surface area contributed by atoms with Crippen molar-refractivity contribution in [3.8, 4) is 0 Å². The lowest BCUT2D eigenvalue weighted by molar-refractivity contribution is 0.191. The minimum atomic E-state index is 0.200. The number of halogens is 1. The van der Waals surface area contributed by atoms with E-state index in [0.29, 0.717) is 6.54 Å². The highest BCUT2D eigenvalue weighted by Gasteiger charge is 2.06. The standard InChI is InChI=1S/C17H20BrNO/c18-17-8-6-16(7-9-17)14-19(12-13-20)11-10-15-4-2-1-3-5-15/h1-9,20H,10-14H2. The first-order valence-electron chi connectivity index (χ1n) is 6.89. The van der Waals surface area contributed by atoms with Gasteiger partial charge in [0.1, 0.15) is 0 Å². The van der Waals surface area contributed by atoms with Gasteiger partial charge in [0, 0.05) is 24.1 Å². The van der Waals surface area contributed by atoms with Gasteiger partial charge in [-0.2, -0.15) is 0 Å². The van der Waals surface area contributed by atoms with Crippen molar-refractivity contribution < 1.29 is 5.11 Å². The van der Waals surface area contributed by atoms with Gasteiger partial charge in [0.05, 0.1) is 6.61 Å². The van der Waals surface area contributed by atoms with Crippen LogP contribution in [0.25, 0.3) is 0 Å². The minimum Gasteiger partial charge on any atom is -0.395 e. The van der Waals surface area contributed by atoms with Crippen molar-refractivity contribution in [3.05, 3.63) is 70.2 Å². The molecule has 0 heterocycles. The molecule has 0 aromatic heterocycles. The third-order valence-corrected chi connectivity index (χ3v) is 3.82. The van der Waals surface area contributed by atoms with Crippen LogP contribution in [0.4, 0.5) is 0 Å². The van der Waals surface area contributed by atoms with Gasteiger partial charge in [0.15, 0.2) is 0 Å². The molecule has 0 aliphatic carbocycles. The minimum absolute atomic E-state index is 0.200. The molecule has 0 fully saturated rings. The molecule has 0 amide bonds. The largest absolute Gasteiger partial charge is 0.395 e. The monoisotopic (exact) mass is 333 g/mol. The Hall–Kier alpha value is -1.16. The van der Waals surface area contributed by atoms with E-state index in [1.807, 2.05) is 6.07 Å². The second kappa shape index (κ2) is 8.20. The Labute approximate surface area is 129 Å². The number of hydrogen-bond donors (Lipinski definition) is 1. The van der Waals surface area contributed by atoms with E-state index >= 15 is 0 Å². The van der Waals surface area contributed by atoms with Crippen LogP contribution in [0.3, 0.4) is 0 Å². The first-order chi connectivity index (χ1) is 9.78. The van der Waals surface area contributed by atoms with Crippen LogP contribution < -0.4 is 0 Å². The second-order valence-electron chi connectivity index (χ2n) is 4.86. The molecule has 0 unspecified atom stereocenters. The van der Waals surface area contributed by atoms with Crippen molar-refractivity contribution in [2.45, 2.75) is 13.0 Å². The zero-order valence-corrected chi connectivity index (χ0v) is 13.1. The highest BCUT2D eigenvalue weighted by Crippen LogP contribution is 2.12. The van der Waals surface area contributed by atoms with E-state index < -0.39 is 0 Å². The molecule has 0 aliphatic rings. The predicted octanol–water partition coefficient (Wildman–Crippen LogP) is 3.49. The molecule has 1 N–H and O–H groups in total. The van der Waals surface area contributed by atoms with Gasteiger partial charge in [0.2, 0.25) is 0 Å². The van der Waals surface area contributed by atoms with Crippen LogP contribution in [0.2, 0.25) is 0 Å². The van der Waals surface area contributed by atoms with Crippen LogP contribution in [-0.2, 0) is 13.0 Å². The molecule has 3 heteroatoms. The van der Waals surface area contributed by atoms with E-state index in [9.17, 15) is 5.11 Å². The van der Waals surface area contributed by atoms with Crippen molar-refractivity contribution in [2.75, 3.05) is 19.7 Å². The smallest absolute Gasteiger partial charge is 0.0558 e. The SMILES string of the molecule is OCCN(CCc1ccccc1)Cc1ccc(Br)cc1. The van der Waals surface area contributed by atoms with Gasteiger partial charge in [-0.25, -0.2) is 0 Å². The molecule has 106 valence electrons. The lowest BCUT2D eigenvalue weighted by Gasteiger charge is -2.21. The molecule has 20 heavy (non-hydrogen) atoms. The molecule has 0 atom stereocenters. The molecule has 0 bridgehead atoms. The lowest BCUT2D eigenvalue weighted by atomic mass is 10.1. The fourth-order valence-corrected chi connectivity index (χ4v) is 2.46. The molecule has 2 aromatic rings. The highest BCUT2D eigenvalue weighted by atomic mass is 79.9. The number of rotatable bonds is 7. The average molecular weight is 334 g/mol. The summed E-state index contributed by atoms with van der Waals surface area (Å²) in [5, 5.41) is 9.21. The third kappa shape index (κ3) is 5.08. The first-order valence-corrected chi connectivity index (χ1v) is 7.69. The summed E-state index contributed by atoms with van der Waals surface area (Å²) in [7, 11) is 0. The van der Waals surface area contributed by atoms with Gasteiger partial charge < -0.3 is 5.11 Å². The van der Waals surface area contributed by atoms with Crippen molar-refractivity contribution in [3.63, 3.8) is 0 Å². The Morgan fingerprint density at radius 2 is 1.55 bits per heavy atom. The van der Waals surface area contributed by atoms with Gasteiger partial charge in [-0.3, -0.25) is 4.90 Å². The number of aliphatic hydroxyl groups excluding tert-OH is 1. The summed E-state index contributed by atoms with van der Waals surface area (Å²) in [4.78, 5) is 2.29. The van der Waals surface area contributed by atoms with Crippen molar-refractivity contribution in [1.29, 1.82) is 0 Å². The Morgan fingerprint density at radius 3 is 2.20 bits per heavy atom. The summed E-state index contributed by atoms with van der Waals surface area (Å²) < 4.78 is 1.10. The summed E-state index contributed by atoms with van der Waals surface area (Å²) in [6, 6.07) is 18.8. The van der Waals surface area contributed by atoms with Gasteiger partial charge >= 0.3 is 0 Å². The van der Waals surface area contributed by atoms with Crippen LogP contribution in [-0.4, -0.2) is 29.7 Å². The fraction of sp³-hybridized carbons (Fsp3) is 0.294. The Kier molecular flexibility index (Phi) is 6.25. The van der Waals surface area contributed by atoms with E-state index in [1.165, 1.54) is 11.1 Å². The zero-order valence-electron chi connectivity index (χ0n) is 11.5. The molecule has 2 rings (SSSR count). The average Bonchev–Trinajstić information content (AvgIpc) is 2.48. The Balaban J connectivity index is 1.91. The highest BCUT2D eigenvalue weighted by molar-refractivity contribution is 9.10. The molecule has 2 nitrogen and oxygen atoms in total. The molecule has 2 aromatic carbocycles. The Bertz CT molecular complexity index is 498. The van der Waals surface area contributed by atoms with Gasteiger partial charge in [-0.05, 0) is 29.7 Å².